The van der Waals surface area contributed by atoms with Crippen molar-refractivity contribution in [2.75, 3.05) is 12.0 Å². The maximum absolute atomic E-state index is 9.74. The summed E-state index contributed by atoms with van der Waals surface area (Å²) < 4.78 is 0. The van der Waals surface area contributed by atoms with Crippen LogP contribution in [0, 0.1) is 0 Å². The molecule has 2 nitrogen and oxygen atoms in total. The van der Waals surface area contributed by atoms with E-state index >= 15 is 0 Å². The number of carboxylic acid groups (broad SMARTS) is 1. The molecule has 0 aliphatic heterocycles. The van der Waals surface area contributed by atoms with Crippen LogP contribution in [-0.4, -0.2) is 23.1 Å². The first-order valence-electron chi connectivity index (χ1n) is 1.98. The van der Waals surface area contributed by atoms with Crippen LogP contribution in [0.3, 0.4) is 0 Å². The summed E-state index contributed by atoms with van der Waals surface area (Å²) in [5.41, 5.74) is 0. The topological polar surface area (TPSA) is 37.3 Å². The average Bonchev–Trinajstić information content (AvgIpc) is 1.61. The van der Waals surface area contributed by atoms with Gasteiger partial charge in [0.15, 0.2) is 0 Å². The molecule has 0 aliphatic rings. The molecule has 0 aromatic rings. The zero-order valence-corrected chi connectivity index (χ0v) is 4.99. The molecule has 0 saturated heterocycles. The van der Waals surface area contributed by atoms with E-state index in [1.807, 2.05) is 6.26 Å². The lowest BCUT2D eigenvalue weighted by Crippen LogP contribution is -1.94. The first-order chi connectivity index (χ1) is 3.27. The lowest BCUT2D eigenvalue weighted by Gasteiger charge is -1.85. The molecule has 0 fully saturated rings. The van der Waals surface area contributed by atoms with Crippen LogP contribution < -0.4 is 0 Å². The summed E-state index contributed by atoms with van der Waals surface area (Å²) in [5, 5.41) is 8.03. The molecule has 0 aliphatic carbocycles. The van der Waals surface area contributed by atoms with Gasteiger partial charge in [-0.2, -0.15) is 11.8 Å². The second kappa shape index (κ2) is 3.99. The SMILES string of the molecule is CSCCC(=O)O.[2H]. The van der Waals surface area contributed by atoms with Crippen molar-refractivity contribution in [3.63, 3.8) is 0 Å². The van der Waals surface area contributed by atoms with Gasteiger partial charge in [-0.05, 0) is 6.26 Å². The Morgan fingerprint density at radius 3 is 2.71 bits per heavy atom. The minimum absolute atomic E-state index is 0. The highest BCUT2D eigenvalue weighted by Crippen LogP contribution is 1.93. The van der Waals surface area contributed by atoms with Gasteiger partial charge in [0.1, 0.15) is 0 Å². The molecular formula is C4H9O2S. The number of aliphatic carboxylic acids is 1. The Balaban J connectivity index is 0. The highest BCUT2D eigenvalue weighted by Gasteiger charge is 1.91. The lowest BCUT2D eigenvalue weighted by atomic mass is 10.5. The Labute approximate surface area is 48.4 Å². The van der Waals surface area contributed by atoms with Crippen molar-refractivity contribution in [2.24, 2.45) is 0 Å². The molecular weight excluding hydrogens is 112 g/mol. The quantitative estimate of drug-likeness (QED) is 0.605. The summed E-state index contributed by atoms with van der Waals surface area (Å²) >= 11 is 1.55. The Morgan fingerprint density at radius 2 is 2.57 bits per heavy atom. The summed E-state index contributed by atoms with van der Waals surface area (Å²) in [7, 11) is 0. The summed E-state index contributed by atoms with van der Waals surface area (Å²) in [6, 6.07) is 0. The van der Waals surface area contributed by atoms with Gasteiger partial charge in [-0.15, -0.1) is 0 Å². The highest BCUT2D eigenvalue weighted by molar-refractivity contribution is 7.98. The molecule has 0 aromatic carbocycles. The predicted molar refractivity (Wildman–Crippen MR) is 31.7 cm³/mol. The summed E-state index contributed by atoms with van der Waals surface area (Å²) in [4.78, 5) is 9.74. The lowest BCUT2D eigenvalue weighted by molar-refractivity contribution is -0.136. The van der Waals surface area contributed by atoms with Gasteiger partial charge in [-0.1, -0.05) is 0 Å². The minimum atomic E-state index is -0.714. The van der Waals surface area contributed by atoms with Gasteiger partial charge in [0.25, 0.3) is 0 Å². The Hall–Kier alpha value is -0.180. The number of thioether (sulfide) groups is 1. The zero-order valence-electron chi connectivity index (χ0n) is 5.18. The summed E-state index contributed by atoms with van der Waals surface area (Å²) in [5.74, 6) is 0.00403. The molecule has 43 valence electrons. The van der Waals surface area contributed by atoms with E-state index in [1.54, 1.807) is 11.8 Å². The number of carbonyl (C=O) groups is 1. The fraction of sp³-hybridized carbons (Fsp3) is 0.750. The fourth-order valence-corrected chi connectivity index (χ4v) is 0.568. The number of hydrogen-bond acceptors (Lipinski definition) is 2. The van der Waals surface area contributed by atoms with Gasteiger partial charge in [0.05, 0.1) is 6.42 Å². The molecule has 0 heterocycles. The number of hydrogen-bond donors (Lipinski definition) is 1. The average molecular weight is 122 g/mol. The molecule has 0 amide bonds. The summed E-state index contributed by atoms with van der Waals surface area (Å²) in [6.07, 6.45) is 2.17. The van der Waals surface area contributed by atoms with Gasteiger partial charge < -0.3 is 5.11 Å². The van der Waals surface area contributed by atoms with Crippen LogP contribution in [0.1, 0.15) is 7.85 Å². The Kier molecular flexibility index (Phi) is 3.89. The van der Waals surface area contributed by atoms with E-state index in [0.29, 0.717) is 0 Å². The van der Waals surface area contributed by atoms with E-state index in [9.17, 15) is 4.79 Å². The molecule has 0 atom stereocenters. The van der Waals surface area contributed by atoms with Crippen LogP contribution >= 0.6 is 11.8 Å². The third-order valence-electron chi connectivity index (χ3n) is 0.520. The standard InChI is InChI=1S/C4H8O2S.H/c1-7-3-2-4(5)6;/h2-3H2,1H3,(H,5,6);/i;1+1. The molecule has 1 N–H and O–H groups in total. The number of carboxylic acids is 1. The van der Waals surface area contributed by atoms with Crippen LogP contribution in [0.5, 0.6) is 0 Å². The monoisotopic (exact) mass is 122 g/mol. The van der Waals surface area contributed by atoms with Crippen molar-refractivity contribution in [3.05, 3.63) is 0 Å². The van der Waals surface area contributed by atoms with E-state index in [4.69, 9.17) is 5.11 Å². The van der Waals surface area contributed by atoms with E-state index in [0.717, 1.165) is 5.75 Å². The third kappa shape index (κ3) is 5.82. The van der Waals surface area contributed by atoms with Crippen molar-refractivity contribution in [2.45, 2.75) is 6.42 Å². The molecule has 0 saturated carbocycles. The second-order valence-electron chi connectivity index (χ2n) is 1.14. The van der Waals surface area contributed by atoms with Crippen LogP contribution in [0.4, 0.5) is 0 Å². The van der Waals surface area contributed by atoms with Gasteiger partial charge in [-0.3, -0.25) is 4.79 Å². The molecule has 0 spiro atoms. The van der Waals surface area contributed by atoms with Crippen LogP contribution in [0.2, 0.25) is 0 Å². The Bertz CT molecular complexity index is 67.1. The summed E-state index contributed by atoms with van der Waals surface area (Å²) in [6.45, 7) is 0. The zero-order chi connectivity index (χ0) is 5.70. The fourth-order valence-electron chi connectivity index (χ4n) is 0.189. The van der Waals surface area contributed by atoms with Crippen molar-refractivity contribution < 1.29 is 11.3 Å². The van der Waals surface area contributed by atoms with Crippen LogP contribution in [0.15, 0.2) is 0 Å². The smallest absolute Gasteiger partial charge is 0.304 e. The second-order valence-corrected chi connectivity index (χ2v) is 2.12. The third-order valence-corrected chi connectivity index (χ3v) is 1.13. The van der Waals surface area contributed by atoms with Gasteiger partial charge >= 0.3 is 5.97 Å². The number of rotatable bonds is 3. The largest absolute Gasteiger partial charge is 0.481 e. The molecule has 0 unspecified atom stereocenters. The van der Waals surface area contributed by atoms with E-state index in [1.165, 1.54) is 0 Å². The molecule has 0 bridgehead atoms. The van der Waals surface area contributed by atoms with Crippen LogP contribution in [-0.2, 0) is 4.79 Å². The minimum Gasteiger partial charge on any atom is -0.481 e. The molecule has 0 rings (SSSR count). The predicted octanol–water partition coefficient (Wildman–Crippen LogP) is 0.937. The normalized spacial score (nSPS) is 8.71. The first-order valence-corrected chi connectivity index (χ1v) is 3.37. The maximum Gasteiger partial charge on any atom is 0.304 e. The first kappa shape index (κ1) is 6.82. The molecule has 7 heavy (non-hydrogen) atoms. The van der Waals surface area contributed by atoms with E-state index < -0.39 is 5.97 Å². The Morgan fingerprint density at radius 1 is 2.00 bits per heavy atom. The van der Waals surface area contributed by atoms with Crippen molar-refractivity contribution >= 4 is 17.7 Å². The van der Waals surface area contributed by atoms with Crippen molar-refractivity contribution in [1.29, 1.82) is 0 Å². The van der Waals surface area contributed by atoms with Crippen LogP contribution in [0.25, 0.3) is 0 Å². The maximum atomic E-state index is 9.74. The molecule has 3 heteroatoms. The molecule has 1 radical (unpaired) electrons. The van der Waals surface area contributed by atoms with Crippen molar-refractivity contribution in [1.82, 2.24) is 0 Å². The van der Waals surface area contributed by atoms with E-state index in [2.05, 4.69) is 0 Å². The van der Waals surface area contributed by atoms with Crippen molar-refractivity contribution in [3.8, 4) is 0 Å². The highest BCUT2D eigenvalue weighted by atomic mass is 32.2. The van der Waals surface area contributed by atoms with Gasteiger partial charge in [-0.25, -0.2) is 0 Å². The van der Waals surface area contributed by atoms with E-state index in [-0.39, 0.29) is 7.85 Å². The van der Waals surface area contributed by atoms with Gasteiger partial charge in [0.2, 0.25) is 0 Å². The van der Waals surface area contributed by atoms with Gasteiger partial charge in [0, 0.05) is 7.18 Å². The molecule has 0 aromatic heterocycles.